The summed E-state index contributed by atoms with van der Waals surface area (Å²) in [5, 5.41) is 8.57. The van der Waals surface area contributed by atoms with Crippen molar-refractivity contribution in [2.45, 2.75) is 171 Å². The van der Waals surface area contributed by atoms with Gasteiger partial charge in [0, 0.05) is 6.16 Å². The third-order valence-electron chi connectivity index (χ3n) is 9.26. The van der Waals surface area contributed by atoms with E-state index in [1.807, 2.05) is 0 Å². The molecule has 2 N–H and O–H groups in total. The third-order valence-corrected chi connectivity index (χ3v) is 11.9. The van der Waals surface area contributed by atoms with Crippen LogP contribution in [0.1, 0.15) is 171 Å². The maximum atomic E-state index is 10.9. The number of hydrogen-bond acceptors (Lipinski definition) is 6. The van der Waals surface area contributed by atoms with Gasteiger partial charge in [-0.2, -0.15) is 0 Å². The van der Waals surface area contributed by atoms with E-state index in [4.69, 9.17) is 10.00 Å². The standard InChI is InChI=1S/2C16H36N.C6H14O7P2/c2*1-5-9-13-17(14-10-6-2,15-11-7-3)16-12-8-4;1-6(5-7)3-2-4-14(8,9)13-15(10,11)12/h2*5-16H2,1-4H3;3,7H,2,4-5H2,1H3,(H,8,9)(H2,10,11,12)/q2*+1;/p-2/b;;6-3+. The molecule has 11 heteroatoms. The van der Waals surface area contributed by atoms with Crippen molar-refractivity contribution in [1.29, 1.82) is 0 Å². The molecule has 49 heavy (non-hydrogen) atoms. The number of quaternary nitrogens is 2. The van der Waals surface area contributed by atoms with Crippen LogP contribution in [0.3, 0.4) is 0 Å². The zero-order valence-electron chi connectivity index (χ0n) is 33.9. The van der Waals surface area contributed by atoms with Crippen LogP contribution in [0.4, 0.5) is 0 Å². The van der Waals surface area contributed by atoms with Gasteiger partial charge in [-0.3, -0.25) is 8.88 Å². The summed E-state index contributed by atoms with van der Waals surface area (Å²) in [7, 11) is -9.84. The van der Waals surface area contributed by atoms with Gasteiger partial charge in [0.05, 0.1) is 59.0 Å². The molecule has 0 rings (SSSR count). The van der Waals surface area contributed by atoms with Gasteiger partial charge < -0.3 is 33.3 Å². The molecule has 0 aromatic heterocycles. The van der Waals surface area contributed by atoms with Gasteiger partial charge in [-0.15, -0.1) is 0 Å². The lowest BCUT2D eigenvalue weighted by molar-refractivity contribution is -0.929. The first-order valence-corrected chi connectivity index (χ1v) is 23.4. The van der Waals surface area contributed by atoms with Crippen LogP contribution in [0.25, 0.3) is 0 Å². The van der Waals surface area contributed by atoms with Crippen molar-refractivity contribution in [2.24, 2.45) is 0 Å². The second kappa shape index (κ2) is 33.7. The fourth-order valence-corrected chi connectivity index (χ4v) is 8.05. The predicted molar refractivity (Wildman–Crippen MR) is 208 cm³/mol. The van der Waals surface area contributed by atoms with Gasteiger partial charge in [-0.1, -0.05) is 118 Å². The van der Waals surface area contributed by atoms with Gasteiger partial charge >= 0.3 is 0 Å². The van der Waals surface area contributed by atoms with E-state index in [-0.39, 0.29) is 13.0 Å². The monoisotopic (exact) mass is 743 g/mol. The minimum Gasteiger partial charge on any atom is -0.778 e. The van der Waals surface area contributed by atoms with E-state index in [0.29, 0.717) is 5.57 Å². The highest BCUT2D eigenvalue weighted by atomic mass is 31.3. The number of phosphoric acid groups is 1. The van der Waals surface area contributed by atoms with Crippen molar-refractivity contribution in [3.05, 3.63) is 11.6 Å². The third kappa shape index (κ3) is 33.5. The lowest BCUT2D eigenvalue weighted by atomic mass is 10.1. The van der Waals surface area contributed by atoms with Crippen LogP contribution < -0.4 is 9.79 Å². The highest BCUT2D eigenvalue weighted by molar-refractivity contribution is 7.62. The summed E-state index contributed by atoms with van der Waals surface area (Å²) in [6.45, 7) is 31.4. The van der Waals surface area contributed by atoms with Crippen LogP contribution in [-0.4, -0.2) is 84.1 Å². The number of aliphatic hydroxyl groups is 1. The molecule has 0 spiro atoms. The van der Waals surface area contributed by atoms with E-state index in [0.717, 1.165) is 0 Å². The van der Waals surface area contributed by atoms with E-state index < -0.39 is 21.6 Å². The quantitative estimate of drug-likeness (QED) is 0.0426. The first-order chi connectivity index (χ1) is 23.1. The number of unbranched alkanes of at least 4 members (excludes halogenated alkanes) is 8. The van der Waals surface area contributed by atoms with Crippen LogP contribution in [0.15, 0.2) is 11.6 Å². The van der Waals surface area contributed by atoms with Crippen molar-refractivity contribution < 1.29 is 42.2 Å². The summed E-state index contributed by atoms with van der Waals surface area (Å²) in [6.07, 6.45) is 23.0. The van der Waals surface area contributed by atoms with Crippen LogP contribution in [0.5, 0.6) is 0 Å². The van der Waals surface area contributed by atoms with Crippen molar-refractivity contribution in [3.8, 4) is 0 Å². The first-order valence-electron chi connectivity index (χ1n) is 20.2. The van der Waals surface area contributed by atoms with Crippen molar-refractivity contribution in [3.63, 3.8) is 0 Å². The topological polar surface area (TPSA) is 130 Å². The van der Waals surface area contributed by atoms with Gasteiger partial charge in [0.25, 0.3) is 7.82 Å². The number of hydrogen-bond donors (Lipinski definition) is 2. The Morgan fingerprint density at radius 2 is 0.816 bits per heavy atom. The van der Waals surface area contributed by atoms with Gasteiger partial charge in [-0.05, 0) is 64.7 Å². The molecule has 2 atom stereocenters. The summed E-state index contributed by atoms with van der Waals surface area (Å²) in [5.41, 5.74) is 0.560. The molecule has 0 bridgehead atoms. The molecule has 0 radical (unpaired) electrons. The molecule has 0 aromatic rings. The van der Waals surface area contributed by atoms with Gasteiger partial charge in [0.15, 0.2) is 0 Å². The lowest BCUT2D eigenvalue weighted by Crippen LogP contribution is -2.50. The van der Waals surface area contributed by atoms with Gasteiger partial charge in [0.2, 0.25) is 0 Å². The summed E-state index contributed by atoms with van der Waals surface area (Å²) in [4.78, 5) is 29.2. The SMILES string of the molecule is C/C(=C\CCP(=O)([O-])OP(=O)([O-])O)CO.CCCC[N+](CCCC)(CCCC)CCCC.CCCC[N+](CCCC)(CCCC)CCCC. The average molecular weight is 743 g/mol. The Kier molecular flexibility index (Phi) is 36.7. The molecule has 0 aromatic carbocycles. The summed E-state index contributed by atoms with van der Waals surface area (Å²) < 4.78 is 27.4. The smallest absolute Gasteiger partial charge is 0.270 e. The fraction of sp³-hybridized carbons (Fsp3) is 0.947. The molecule has 0 aliphatic carbocycles. The zero-order chi connectivity index (χ0) is 38.1. The van der Waals surface area contributed by atoms with Crippen molar-refractivity contribution in [2.75, 3.05) is 65.1 Å². The molecular weight excluding hydrogens is 658 g/mol. The summed E-state index contributed by atoms with van der Waals surface area (Å²) >= 11 is 0. The second-order valence-corrected chi connectivity index (χ2v) is 17.4. The summed E-state index contributed by atoms with van der Waals surface area (Å²) in [6, 6.07) is 0. The van der Waals surface area contributed by atoms with Crippen LogP contribution in [0.2, 0.25) is 0 Å². The van der Waals surface area contributed by atoms with Gasteiger partial charge in [0.1, 0.15) is 7.60 Å². The maximum Gasteiger partial charge on any atom is 0.270 e. The Hall–Kier alpha value is -0.0800. The zero-order valence-corrected chi connectivity index (χ0v) is 35.7. The normalized spacial score (nSPS) is 14.7. The van der Waals surface area contributed by atoms with E-state index >= 15 is 0 Å². The minimum absolute atomic E-state index is 0.00711. The molecule has 9 nitrogen and oxygen atoms in total. The highest BCUT2D eigenvalue weighted by Crippen LogP contribution is 2.51. The van der Waals surface area contributed by atoms with E-state index in [9.17, 15) is 18.9 Å². The molecule has 0 amide bonds. The fourth-order valence-electron chi connectivity index (χ4n) is 6.02. The molecule has 0 aliphatic heterocycles. The molecule has 0 heterocycles. The molecule has 0 aliphatic rings. The maximum absolute atomic E-state index is 10.9. The summed E-state index contributed by atoms with van der Waals surface area (Å²) in [5.74, 6) is 0. The molecule has 0 saturated carbocycles. The van der Waals surface area contributed by atoms with E-state index in [1.165, 1.54) is 170 Å². The van der Waals surface area contributed by atoms with Crippen LogP contribution >= 0.6 is 15.4 Å². The van der Waals surface area contributed by atoms with Gasteiger partial charge in [-0.25, -0.2) is 0 Å². The first kappa shape index (κ1) is 53.3. The number of rotatable bonds is 30. The number of allylic oxidation sites excluding steroid dienone is 1. The van der Waals surface area contributed by atoms with E-state index in [2.05, 4.69) is 59.7 Å². The van der Waals surface area contributed by atoms with E-state index in [1.54, 1.807) is 6.92 Å². The molecule has 0 saturated heterocycles. The molecule has 2 unspecified atom stereocenters. The van der Waals surface area contributed by atoms with Crippen LogP contribution in [0, 0.1) is 0 Å². The predicted octanol–water partition coefficient (Wildman–Crippen LogP) is 9.35. The Labute approximate surface area is 305 Å². The molecule has 298 valence electrons. The van der Waals surface area contributed by atoms with Crippen molar-refractivity contribution >= 4 is 15.4 Å². The Morgan fingerprint density at radius 3 is 1.00 bits per heavy atom. The molecule has 0 fully saturated rings. The Balaban J connectivity index is -0.000000649. The lowest BCUT2D eigenvalue weighted by Gasteiger charge is -2.39. The largest absolute Gasteiger partial charge is 0.778 e. The highest BCUT2D eigenvalue weighted by Gasteiger charge is 2.25. The van der Waals surface area contributed by atoms with Crippen LogP contribution in [-0.2, 0) is 13.4 Å². The Morgan fingerprint density at radius 1 is 0.571 bits per heavy atom. The average Bonchev–Trinajstić information content (AvgIpc) is 3.06. The minimum atomic E-state index is -5.25. The van der Waals surface area contributed by atoms with Crippen molar-refractivity contribution in [1.82, 2.24) is 0 Å². The number of nitrogens with zero attached hydrogens (tertiary/aromatic N) is 2. The number of aliphatic hydroxyl groups excluding tert-OH is 1. The molecular formula is C38H84N2O7P2. The Bertz CT molecular complexity index is 741. The second-order valence-electron chi connectivity index (χ2n) is 14.2.